The third-order valence-electron chi connectivity index (χ3n) is 2.92. The summed E-state index contributed by atoms with van der Waals surface area (Å²) in [5, 5.41) is 1.54. The van der Waals surface area contributed by atoms with E-state index in [-0.39, 0.29) is 0 Å². The molecule has 96 valence electrons. The van der Waals surface area contributed by atoms with Crippen LogP contribution < -0.4 is 4.74 Å². The van der Waals surface area contributed by atoms with Gasteiger partial charge in [-0.3, -0.25) is 0 Å². The molecule has 2 aromatic heterocycles. The molecule has 0 spiro atoms. The average Bonchev–Trinajstić information content (AvgIpc) is 2.83. The number of nitrogens with one attached hydrogen (secondary N) is 1. The molecular formula is C15H13ClN2O. The first kappa shape index (κ1) is 12.1. The van der Waals surface area contributed by atoms with Gasteiger partial charge >= 0.3 is 0 Å². The lowest BCUT2D eigenvalue weighted by Crippen LogP contribution is -1.90. The zero-order chi connectivity index (χ0) is 13.2. The van der Waals surface area contributed by atoms with Gasteiger partial charge in [0.05, 0.1) is 6.61 Å². The number of hydrogen-bond acceptors (Lipinski definition) is 2. The van der Waals surface area contributed by atoms with Crippen molar-refractivity contribution in [2.24, 2.45) is 0 Å². The molecule has 0 saturated heterocycles. The smallest absolute Gasteiger partial charge is 0.139 e. The van der Waals surface area contributed by atoms with E-state index in [1.54, 1.807) is 6.07 Å². The van der Waals surface area contributed by atoms with Crippen molar-refractivity contribution in [1.29, 1.82) is 0 Å². The molecule has 4 heteroatoms. The molecule has 1 aromatic carbocycles. The fourth-order valence-electron chi connectivity index (χ4n) is 2.03. The molecule has 1 N–H and O–H groups in total. The molecule has 0 unspecified atom stereocenters. The summed E-state index contributed by atoms with van der Waals surface area (Å²) in [5.74, 6) is 0.878. The largest absolute Gasteiger partial charge is 0.494 e. The van der Waals surface area contributed by atoms with Gasteiger partial charge in [-0.2, -0.15) is 0 Å². The average molecular weight is 273 g/mol. The first-order valence-corrected chi connectivity index (χ1v) is 6.52. The maximum absolute atomic E-state index is 5.88. The minimum Gasteiger partial charge on any atom is -0.494 e. The number of fused-ring (bicyclic) bond motifs is 1. The summed E-state index contributed by atoms with van der Waals surface area (Å²) >= 11 is 5.88. The number of hydrogen-bond donors (Lipinski definition) is 1. The van der Waals surface area contributed by atoms with Crippen LogP contribution >= 0.6 is 11.6 Å². The predicted octanol–water partition coefficient (Wildman–Crippen LogP) is 4.28. The SMILES string of the molecule is CCOc1ccc(-c2cc3ccc(Cl)nc3[nH]2)cc1. The first-order valence-electron chi connectivity index (χ1n) is 6.15. The van der Waals surface area contributed by atoms with E-state index in [2.05, 4.69) is 16.0 Å². The highest BCUT2D eigenvalue weighted by molar-refractivity contribution is 6.29. The van der Waals surface area contributed by atoms with Crippen LogP contribution in [0.15, 0.2) is 42.5 Å². The minimum atomic E-state index is 0.493. The molecule has 0 aliphatic rings. The Kier molecular flexibility index (Phi) is 3.13. The van der Waals surface area contributed by atoms with Crippen molar-refractivity contribution in [2.75, 3.05) is 6.61 Å². The number of nitrogens with zero attached hydrogens (tertiary/aromatic N) is 1. The summed E-state index contributed by atoms with van der Waals surface area (Å²) in [6.45, 7) is 2.65. The van der Waals surface area contributed by atoms with E-state index in [0.717, 1.165) is 28.0 Å². The highest BCUT2D eigenvalue weighted by Crippen LogP contribution is 2.25. The molecular weight excluding hydrogens is 260 g/mol. The van der Waals surface area contributed by atoms with Crippen LogP contribution in [-0.4, -0.2) is 16.6 Å². The van der Waals surface area contributed by atoms with Gasteiger partial charge in [-0.05, 0) is 55.0 Å². The van der Waals surface area contributed by atoms with E-state index in [1.165, 1.54) is 0 Å². The molecule has 0 radical (unpaired) electrons. The van der Waals surface area contributed by atoms with Gasteiger partial charge in [0.15, 0.2) is 0 Å². The van der Waals surface area contributed by atoms with E-state index in [1.807, 2.05) is 37.3 Å². The standard InChI is InChI=1S/C15H13ClN2O/c1-2-19-12-6-3-10(4-7-12)13-9-11-5-8-14(16)18-15(11)17-13/h3-9H,2H2,1H3,(H,17,18). The van der Waals surface area contributed by atoms with Crippen LogP contribution in [-0.2, 0) is 0 Å². The molecule has 19 heavy (non-hydrogen) atoms. The Morgan fingerprint density at radius 2 is 1.95 bits per heavy atom. The molecule has 0 atom stereocenters. The second kappa shape index (κ2) is 4.94. The van der Waals surface area contributed by atoms with E-state index in [4.69, 9.17) is 16.3 Å². The second-order valence-electron chi connectivity index (χ2n) is 4.21. The Balaban J connectivity index is 1.99. The summed E-state index contributed by atoms with van der Waals surface area (Å²) in [5.41, 5.74) is 2.92. The van der Waals surface area contributed by atoms with Crippen LogP contribution in [0.5, 0.6) is 5.75 Å². The molecule has 2 heterocycles. The number of rotatable bonds is 3. The van der Waals surface area contributed by atoms with Crippen LogP contribution in [0, 0.1) is 0 Å². The topological polar surface area (TPSA) is 37.9 Å². The van der Waals surface area contributed by atoms with Crippen molar-refractivity contribution in [3.05, 3.63) is 47.6 Å². The lowest BCUT2D eigenvalue weighted by Gasteiger charge is -2.03. The minimum absolute atomic E-state index is 0.493. The second-order valence-corrected chi connectivity index (χ2v) is 4.60. The molecule has 0 bridgehead atoms. The third kappa shape index (κ3) is 2.42. The monoisotopic (exact) mass is 272 g/mol. The van der Waals surface area contributed by atoms with E-state index < -0.39 is 0 Å². The molecule has 3 nitrogen and oxygen atoms in total. The highest BCUT2D eigenvalue weighted by Gasteiger charge is 2.05. The third-order valence-corrected chi connectivity index (χ3v) is 3.13. The van der Waals surface area contributed by atoms with Crippen molar-refractivity contribution in [3.8, 4) is 17.0 Å². The first-order chi connectivity index (χ1) is 9.26. The van der Waals surface area contributed by atoms with Crippen LogP contribution in [0.4, 0.5) is 0 Å². The van der Waals surface area contributed by atoms with Gasteiger partial charge in [-0.1, -0.05) is 11.6 Å². The molecule has 0 amide bonds. The van der Waals surface area contributed by atoms with Crippen LogP contribution in [0.3, 0.4) is 0 Å². The zero-order valence-electron chi connectivity index (χ0n) is 10.5. The molecule has 0 fully saturated rings. The number of aromatic nitrogens is 2. The predicted molar refractivity (Wildman–Crippen MR) is 77.7 cm³/mol. The highest BCUT2D eigenvalue weighted by atomic mass is 35.5. The molecule has 0 aliphatic heterocycles. The Hall–Kier alpha value is -2.00. The lowest BCUT2D eigenvalue weighted by atomic mass is 10.1. The number of benzene rings is 1. The Labute approximate surface area is 116 Å². The quantitative estimate of drug-likeness (QED) is 0.723. The number of H-pyrrole nitrogens is 1. The van der Waals surface area contributed by atoms with Crippen LogP contribution in [0.1, 0.15) is 6.92 Å². The van der Waals surface area contributed by atoms with Crippen molar-refractivity contribution in [2.45, 2.75) is 6.92 Å². The van der Waals surface area contributed by atoms with Crippen molar-refractivity contribution < 1.29 is 4.74 Å². The number of halogens is 1. The number of ether oxygens (including phenoxy) is 1. The van der Waals surface area contributed by atoms with E-state index >= 15 is 0 Å². The van der Waals surface area contributed by atoms with E-state index in [0.29, 0.717) is 11.8 Å². The molecule has 0 aliphatic carbocycles. The molecule has 0 saturated carbocycles. The summed E-state index contributed by atoms with van der Waals surface area (Å²) in [7, 11) is 0. The van der Waals surface area contributed by atoms with Crippen molar-refractivity contribution in [1.82, 2.24) is 9.97 Å². The molecule has 3 aromatic rings. The Bertz CT molecular complexity index is 704. The van der Waals surface area contributed by atoms with Gasteiger partial charge in [-0.25, -0.2) is 4.98 Å². The van der Waals surface area contributed by atoms with Crippen molar-refractivity contribution in [3.63, 3.8) is 0 Å². The molecule has 3 rings (SSSR count). The maximum atomic E-state index is 5.88. The fraction of sp³-hybridized carbons (Fsp3) is 0.133. The zero-order valence-corrected chi connectivity index (χ0v) is 11.2. The van der Waals surface area contributed by atoms with E-state index in [9.17, 15) is 0 Å². The number of pyridine rings is 1. The Morgan fingerprint density at radius 1 is 1.16 bits per heavy atom. The van der Waals surface area contributed by atoms with Gasteiger partial charge in [0.1, 0.15) is 16.5 Å². The summed E-state index contributed by atoms with van der Waals surface area (Å²) in [6, 6.07) is 13.8. The maximum Gasteiger partial charge on any atom is 0.139 e. The fourth-order valence-corrected chi connectivity index (χ4v) is 2.18. The van der Waals surface area contributed by atoms with Crippen molar-refractivity contribution >= 4 is 22.6 Å². The van der Waals surface area contributed by atoms with Gasteiger partial charge in [0.2, 0.25) is 0 Å². The Morgan fingerprint density at radius 3 is 2.68 bits per heavy atom. The van der Waals surface area contributed by atoms with Gasteiger partial charge in [-0.15, -0.1) is 0 Å². The summed E-state index contributed by atoms with van der Waals surface area (Å²) in [6.07, 6.45) is 0. The lowest BCUT2D eigenvalue weighted by molar-refractivity contribution is 0.340. The summed E-state index contributed by atoms with van der Waals surface area (Å²) < 4.78 is 5.43. The number of aromatic amines is 1. The van der Waals surface area contributed by atoms with Gasteiger partial charge in [0, 0.05) is 11.1 Å². The van der Waals surface area contributed by atoms with Crippen LogP contribution in [0.25, 0.3) is 22.3 Å². The normalized spacial score (nSPS) is 10.8. The van der Waals surface area contributed by atoms with Gasteiger partial charge in [0.25, 0.3) is 0 Å². The summed E-state index contributed by atoms with van der Waals surface area (Å²) in [4.78, 5) is 7.52. The van der Waals surface area contributed by atoms with Gasteiger partial charge < -0.3 is 9.72 Å². The van der Waals surface area contributed by atoms with Crippen LogP contribution in [0.2, 0.25) is 5.15 Å².